The summed E-state index contributed by atoms with van der Waals surface area (Å²) in [6, 6.07) is 0. The second kappa shape index (κ2) is 3.92. The van der Waals surface area contributed by atoms with Crippen LogP contribution in [0.1, 0.15) is 31.6 Å². The summed E-state index contributed by atoms with van der Waals surface area (Å²) in [5.41, 5.74) is 0.707. The number of rotatable bonds is 3. The third-order valence-corrected chi connectivity index (χ3v) is 2.11. The van der Waals surface area contributed by atoms with Gasteiger partial charge in [-0.2, -0.15) is 5.10 Å². The SMILES string of the molecule is CCCC(O)c1c(Cl)cnn1C. The molecular weight excluding hydrogens is 176 g/mol. The van der Waals surface area contributed by atoms with E-state index in [1.807, 2.05) is 6.92 Å². The van der Waals surface area contributed by atoms with Crippen LogP contribution in [0.4, 0.5) is 0 Å². The molecule has 68 valence electrons. The van der Waals surface area contributed by atoms with Gasteiger partial charge in [-0.15, -0.1) is 0 Å². The van der Waals surface area contributed by atoms with Gasteiger partial charge in [0.1, 0.15) is 0 Å². The van der Waals surface area contributed by atoms with Gasteiger partial charge in [0.2, 0.25) is 0 Å². The fourth-order valence-electron chi connectivity index (χ4n) is 1.21. The number of hydrogen-bond donors (Lipinski definition) is 1. The topological polar surface area (TPSA) is 38.1 Å². The number of aryl methyl sites for hydroxylation is 1. The highest BCUT2D eigenvalue weighted by molar-refractivity contribution is 6.31. The first-order valence-corrected chi connectivity index (χ1v) is 4.40. The molecule has 0 aliphatic rings. The van der Waals surface area contributed by atoms with Crippen LogP contribution in [0, 0.1) is 0 Å². The Kier molecular flexibility index (Phi) is 3.12. The molecule has 0 spiro atoms. The highest BCUT2D eigenvalue weighted by atomic mass is 35.5. The molecule has 1 aromatic heterocycles. The summed E-state index contributed by atoms with van der Waals surface area (Å²) in [5, 5.41) is 14.1. The minimum absolute atomic E-state index is 0.491. The van der Waals surface area contributed by atoms with Gasteiger partial charge in [0, 0.05) is 7.05 Å². The average Bonchev–Trinajstić information content (AvgIpc) is 2.32. The van der Waals surface area contributed by atoms with E-state index < -0.39 is 6.10 Å². The van der Waals surface area contributed by atoms with E-state index in [0.717, 1.165) is 12.8 Å². The van der Waals surface area contributed by atoms with Gasteiger partial charge < -0.3 is 5.11 Å². The van der Waals surface area contributed by atoms with Gasteiger partial charge in [0.15, 0.2) is 0 Å². The lowest BCUT2D eigenvalue weighted by molar-refractivity contribution is 0.157. The Labute approximate surface area is 77.0 Å². The fourth-order valence-corrected chi connectivity index (χ4v) is 1.50. The third kappa shape index (κ3) is 1.79. The smallest absolute Gasteiger partial charge is 0.0971 e. The van der Waals surface area contributed by atoms with E-state index in [-0.39, 0.29) is 0 Å². The van der Waals surface area contributed by atoms with E-state index in [1.165, 1.54) is 0 Å². The predicted octanol–water partition coefficient (Wildman–Crippen LogP) is 1.91. The zero-order chi connectivity index (χ0) is 9.14. The Bertz CT molecular complexity index is 240. The summed E-state index contributed by atoms with van der Waals surface area (Å²) in [6.45, 7) is 2.02. The van der Waals surface area contributed by atoms with E-state index in [4.69, 9.17) is 11.6 Å². The van der Waals surface area contributed by atoms with Gasteiger partial charge in [-0.3, -0.25) is 4.68 Å². The van der Waals surface area contributed by atoms with E-state index in [9.17, 15) is 5.11 Å². The van der Waals surface area contributed by atoms with Gasteiger partial charge in [0.05, 0.1) is 23.0 Å². The summed E-state index contributed by atoms with van der Waals surface area (Å²) >= 11 is 5.83. The molecule has 3 nitrogen and oxygen atoms in total. The minimum atomic E-state index is -0.491. The van der Waals surface area contributed by atoms with Crippen molar-refractivity contribution in [3.63, 3.8) is 0 Å². The number of halogens is 1. The lowest BCUT2D eigenvalue weighted by Crippen LogP contribution is -2.05. The molecule has 4 heteroatoms. The molecule has 12 heavy (non-hydrogen) atoms. The van der Waals surface area contributed by atoms with Crippen molar-refractivity contribution in [3.05, 3.63) is 16.9 Å². The van der Waals surface area contributed by atoms with Gasteiger partial charge in [-0.05, 0) is 6.42 Å². The Morgan fingerprint density at radius 2 is 2.42 bits per heavy atom. The Morgan fingerprint density at radius 1 is 1.75 bits per heavy atom. The first kappa shape index (κ1) is 9.55. The van der Waals surface area contributed by atoms with Crippen LogP contribution in [0.3, 0.4) is 0 Å². The standard InChI is InChI=1S/C8H13ClN2O/c1-3-4-7(12)8-6(9)5-10-11(8)2/h5,7,12H,3-4H2,1-2H3. The van der Waals surface area contributed by atoms with Crippen LogP contribution >= 0.6 is 11.6 Å². The Hall–Kier alpha value is -0.540. The van der Waals surface area contributed by atoms with Crippen LogP contribution in [0.2, 0.25) is 5.02 Å². The molecule has 1 aromatic rings. The Morgan fingerprint density at radius 3 is 2.83 bits per heavy atom. The summed E-state index contributed by atoms with van der Waals surface area (Å²) in [4.78, 5) is 0. The van der Waals surface area contributed by atoms with Crippen LogP contribution in [-0.4, -0.2) is 14.9 Å². The molecule has 1 N–H and O–H groups in total. The molecule has 0 radical (unpaired) electrons. The molecule has 0 saturated carbocycles. The lowest BCUT2D eigenvalue weighted by atomic mass is 10.1. The third-order valence-electron chi connectivity index (χ3n) is 1.82. The molecule has 0 aliphatic heterocycles. The largest absolute Gasteiger partial charge is 0.387 e. The molecular formula is C8H13ClN2O. The van der Waals surface area contributed by atoms with E-state index in [0.29, 0.717) is 10.7 Å². The second-order valence-corrected chi connectivity index (χ2v) is 3.21. The number of nitrogens with zero attached hydrogens (tertiary/aromatic N) is 2. The van der Waals surface area contributed by atoms with Crippen molar-refractivity contribution < 1.29 is 5.11 Å². The molecule has 1 unspecified atom stereocenters. The predicted molar refractivity (Wildman–Crippen MR) is 48.1 cm³/mol. The molecule has 0 amide bonds. The first-order valence-electron chi connectivity index (χ1n) is 4.02. The fraction of sp³-hybridized carbons (Fsp3) is 0.625. The van der Waals surface area contributed by atoms with Crippen molar-refractivity contribution in [2.45, 2.75) is 25.9 Å². The number of aliphatic hydroxyl groups excluding tert-OH is 1. The van der Waals surface area contributed by atoms with Crippen molar-refractivity contribution >= 4 is 11.6 Å². The number of aliphatic hydroxyl groups is 1. The van der Waals surface area contributed by atoms with Crippen molar-refractivity contribution in [2.24, 2.45) is 7.05 Å². The molecule has 0 aromatic carbocycles. The van der Waals surface area contributed by atoms with E-state index in [1.54, 1.807) is 17.9 Å². The van der Waals surface area contributed by atoms with Gasteiger partial charge >= 0.3 is 0 Å². The molecule has 1 rings (SSSR count). The molecule has 0 aliphatic carbocycles. The average molecular weight is 189 g/mol. The quantitative estimate of drug-likeness (QED) is 0.787. The van der Waals surface area contributed by atoms with Crippen LogP contribution in [0.5, 0.6) is 0 Å². The number of aromatic nitrogens is 2. The van der Waals surface area contributed by atoms with Crippen LogP contribution in [0.25, 0.3) is 0 Å². The highest BCUT2D eigenvalue weighted by Gasteiger charge is 2.14. The Balaban J connectivity index is 2.85. The van der Waals surface area contributed by atoms with Crippen LogP contribution in [-0.2, 0) is 7.05 Å². The maximum atomic E-state index is 9.63. The zero-order valence-electron chi connectivity index (χ0n) is 7.29. The summed E-state index contributed by atoms with van der Waals surface area (Å²) in [6.07, 6.45) is 2.72. The monoisotopic (exact) mass is 188 g/mol. The van der Waals surface area contributed by atoms with Crippen molar-refractivity contribution in [1.82, 2.24) is 9.78 Å². The first-order chi connectivity index (χ1) is 5.66. The molecule has 0 bridgehead atoms. The summed E-state index contributed by atoms with van der Waals surface area (Å²) in [5.74, 6) is 0. The summed E-state index contributed by atoms with van der Waals surface area (Å²) in [7, 11) is 1.78. The normalized spacial score (nSPS) is 13.3. The van der Waals surface area contributed by atoms with Gasteiger partial charge in [-0.1, -0.05) is 24.9 Å². The molecule has 0 saturated heterocycles. The van der Waals surface area contributed by atoms with Crippen LogP contribution < -0.4 is 0 Å². The van der Waals surface area contributed by atoms with E-state index in [2.05, 4.69) is 5.10 Å². The van der Waals surface area contributed by atoms with Gasteiger partial charge in [0.25, 0.3) is 0 Å². The molecule has 0 fully saturated rings. The number of hydrogen-bond acceptors (Lipinski definition) is 2. The van der Waals surface area contributed by atoms with E-state index >= 15 is 0 Å². The van der Waals surface area contributed by atoms with Crippen molar-refractivity contribution in [2.75, 3.05) is 0 Å². The maximum Gasteiger partial charge on any atom is 0.0971 e. The van der Waals surface area contributed by atoms with Gasteiger partial charge in [-0.25, -0.2) is 0 Å². The zero-order valence-corrected chi connectivity index (χ0v) is 8.04. The summed E-state index contributed by atoms with van der Waals surface area (Å²) < 4.78 is 1.61. The lowest BCUT2D eigenvalue weighted by Gasteiger charge is -2.09. The maximum absolute atomic E-state index is 9.63. The van der Waals surface area contributed by atoms with Crippen molar-refractivity contribution in [1.29, 1.82) is 0 Å². The molecule has 1 heterocycles. The van der Waals surface area contributed by atoms with Crippen LogP contribution in [0.15, 0.2) is 6.20 Å². The highest BCUT2D eigenvalue weighted by Crippen LogP contribution is 2.24. The van der Waals surface area contributed by atoms with Crippen molar-refractivity contribution in [3.8, 4) is 0 Å². The molecule has 1 atom stereocenters. The minimum Gasteiger partial charge on any atom is -0.387 e. The second-order valence-electron chi connectivity index (χ2n) is 2.81.